The zero-order chi connectivity index (χ0) is 12.8. The maximum absolute atomic E-state index is 11.9. The molecule has 2 atom stereocenters. The van der Waals surface area contributed by atoms with Crippen LogP contribution in [0.25, 0.3) is 0 Å². The number of carbonyl (C=O) groups is 2. The highest BCUT2D eigenvalue weighted by Gasteiger charge is 2.35. The van der Waals surface area contributed by atoms with Crippen LogP contribution in [0, 0.1) is 0 Å². The fourth-order valence-electron chi connectivity index (χ4n) is 2.16. The molecule has 1 heterocycles. The molecule has 1 aliphatic heterocycles. The van der Waals surface area contributed by atoms with Crippen molar-refractivity contribution >= 4 is 11.9 Å². The Labute approximate surface area is 102 Å². The first-order chi connectivity index (χ1) is 8.11. The van der Waals surface area contributed by atoms with Crippen molar-refractivity contribution < 1.29 is 14.3 Å². The Morgan fingerprint density at radius 2 is 2.29 bits per heavy atom. The molecule has 0 aromatic heterocycles. The van der Waals surface area contributed by atoms with Gasteiger partial charge in [0.25, 0.3) is 0 Å². The summed E-state index contributed by atoms with van der Waals surface area (Å²) in [7, 11) is 0. The Balaban J connectivity index is 2.74. The third-order valence-electron chi connectivity index (χ3n) is 3.07. The Kier molecular flexibility index (Phi) is 5.41. The predicted octanol–water partition coefficient (Wildman–Crippen LogP) is 0.539. The molecule has 0 spiro atoms. The second-order valence-electron chi connectivity index (χ2n) is 4.26. The summed E-state index contributed by atoms with van der Waals surface area (Å²) in [4.78, 5) is 25.4. The van der Waals surface area contributed by atoms with Gasteiger partial charge in [0.15, 0.2) is 0 Å². The molecule has 1 amide bonds. The van der Waals surface area contributed by atoms with Crippen molar-refractivity contribution in [1.29, 1.82) is 0 Å². The number of hydrogen-bond donors (Lipinski definition) is 1. The molecule has 1 rings (SSSR count). The van der Waals surface area contributed by atoms with Crippen molar-refractivity contribution in [2.45, 2.75) is 45.7 Å². The number of esters is 1. The number of hydrogen-bond acceptors (Lipinski definition) is 4. The Bertz CT molecular complexity index is 281. The zero-order valence-electron chi connectivity index (χ0n) is 10.9. The van der Waals surface area contributed by atoms with Gasteiger partial charge in [0.1, 0.15) is 6.04 Å². The number of nitrogens with one attached hydrogen (secondary N) is 1. The van der Waals surface area contributed by atoms with Gasteiger partial charge in [-0.1, -0.05) is 13.3 Å². The van der Waals surface area contributed by atoms with E-state index < -0.39 is 0 Å². The van der Waals surface area contributed by atoms with Gasteiger partial charge in [0.05, 0.1) is 12.6 Å². The first-order valence-corrected chi connectivity index (χ1v) is 6.31. The average molecular weight is 242 g/mol. The van der Waals surface area contributed by atoms with Gasteiger partial charge in [-0.05, 0) is 20.3 Å². The summed E-state index contributed by atoms with van der Waals surface area (Å²) in [6, 6.07) is -0.550. The van der Waals surface area contributed by atoms with Crippen molar-refractivity contribution in [2.24, 2.45) is 0 Å². The van der Waals surface area contributed by atoms with Crippen LogP contribution < -0.4 is 5.32 Å². The Morgan fingerprint density at radius 1 is 1.59 bits per heavy atom. The molecule has 5 nitrogen and oxygen atoms in total. The highest BCUT2D eigenvalue weighted by Crippen LogP contribution is 2.15. The van der Waals surface area contributed by atoms with E-state index in [1.54, 1.807) is 6.92 Å². The summed E-state index contributed by atoms with van der Waals surface area (Å²) in [5.74, 6) is -0.224. The lowest BCUT2D eigenvalue weighted by Crippen LogP contribution is -2.59. The summed E-state index contributed by atoms with van der Waals surface area (Å²) in [5, 5.41) is 2.80. The molecule has 0 bridgehead atoms. The standard InChI is InChI=1S/C12H22N2O3/c1-4-6-10(12(16)17-5-2)14-8-7-13-11(15)9(14)3/h9-10H,4-8H2,1-3H3,(H,13,15). The molecule has 0 radical (unpaired) electrons. The van der Waals surface area contributed by atoms with Crippen LogP contribution >= 0.6 is 0 Å². The highest BCUT2D eigenvalue weighted by atomic mass is 16.5. The molecule has 1 saturated heterocycles. The molecule has 2 unspecified atom stereocenters. The van der Waals surface area contributed by atoms with Crippen LogP contribution in [0.5, 0.6) is 0 Å². The van der Waals surface area contributed by atoms with Crippen LogP contribution in [0.3, 0.4) is 0 Å². The number of nitrogens with zero attached hydrogens (tertiary/aromatic N) is 1. The third kappa shape index (κ3) is 3.43. The maximum Gasteiger partial charge on any atom is 0.323 e. The van der Waals surface area contributed by atoms with Crippen molar-refractivity contribution in [1.82, 2.24) is 10.2 Å². The van der Waals surface area contributed by atoms with Crippen molar-refractivity contribution in [2.75, 3.05) is 19.7 Å². The van der Waals surface area contributed by atoms with Gasteiger partial charge in [-0.3, -0.25) is 14.5 Å². The molecular weight excluding hydrogens is 220 g/mol. The molecule has 1 N–H and O–H groups in total. The van der Waals surface area contributed by atoms with Gasteiger partial charge in [-0.25, -0.2) is 0 Å². The van der Waals surface area contributed by atoms with E-state index in [1.165, 1.54) is 0 Å². The molecule has 1 aliphatic rings. The quantitative estimate of drug-likeness (QED) is 0.715. The lowest BCUT2D eigenvalue weighted by Gasteiger charge is -2.37. The topological polar surface area (TPSA) is 58.6 Å². The van der Waals surface area contributed by atoms with Crippen molar-refractivity contribution in [3.63, 3.8) is 0 Å². The van der Waals surface area contributed by atoms with E-state index in [0.717, 1.165) is 12.8 Å². The molecule has 17 heavy (non-hydrogen) atoms. The van der Waals surface area contributed by atoms with Crippen molar-refractivity contribution in [3.8, 4) is 0 Å². The normalized spacial score (nSPS) is 23.0. The van der Waals surface area contributed by atoms with Gasteiger partial charge >= 0.3 is 5.97 Å². The molecule has 0 aromatic carbocycles. The number of carbonyl (C=O) groups excluding carboxylic acids is 2. The summed E-state index contributed by atoms with van der Waals surface area (Å²) < 4.78 is 5.08. The first kappa shape index (κ1) is 14.0. The first-order valence-electron chi connectivity index (χ1n) is 6.31. The second-order valence-corrected chi connectivity index (χ2v) is 4.26. The smallest absolute Gasteiger partial charge is 0.323 e. The van der Waals surface area contributed by atoms with Crippen LogP contribution in [0.15, 0.2) is 0 Å². The fourth-order valence-corrected chi connectivity index (χ4v) is 2.16. The number of rotatable bonds is 5. The van der Waals surface area contributed by atoms with E-state index in [9.17, 15) is 9.59 Å². The lowest BCUT2D eigenvalue weighted by molar-refractivity contribution is -0.152. The monoisotopic (exact) mass is 242 g/mol. The molecule has 5 heteroatoms. The Morgan fingerprint density at radius 3 is 2.88 bits per heavy atom. The van der Waals surface area contributed by atoms with Gasteiger partial charge in [-0.2, -0.15) is 0 Å². The number of piperazine rings is 1. The van der Waals surface area contributed by atoms with Crippen LogP contribution in [-0.2, 0) is 14.3 Å². The van der Waals surface area contributed by atoms with Gasteiger partial charge < -0.3 is 10.1 Å². The number of amides is 1. The summed E-state index contributed by atoms with van der Waals surface area (Å²) in [6.45, 7) is 7.34. The van der Waals surface area contributed by atoms with E-state index in [-0.39, 0.29) is 24.0 Å². The van der Waals surface area contributed by atoms with E-state index in [1.807, 2.05) is 18.7 Å². The summed E-state index contributed by atoms with van der Waals surface area (Å²) in [6.07, 6.45) is 1.63. The minimum Gasteiger partial charge on any atom is -0.465 e. The molecule has 0 aliphatic carbocycles. The van der Waals surface area contributed by atoms with Crippen LogP contribution in [0.4, 0.5) is 0 Å². The SMILES string of the molecule is CCCC(C(=O)OCC)N1CCNC(=O)C1C. The van der Waals surface area contributed by atoms with E-state index in [4.69, 9.17) is 4.74 Å². The lowest BCUT2D eigenvalue weighted by atomic mass is 10.1. The second kappa shape index (κ2) is 6.59. The largest absolute Gasteiger partial charge is 0.465 e. The zero-order valence-corrected chi connectivity index (χ0v) is 10.9. The van der Waals surface area contributed by atoms with E-state index in [2.05, 4.69) is 5.32 Å². The maximum atomic E-state index is 11.9. The molecule has 0 aromatic rings. The van der Waals surface area contributed by atoms with E-state index in [0.29, 0.717) is 19.7 Å². The fraction of sp³-hybridized carbons (Fsp3) is 0.833. The minimum absolute atomic E-state index is 0.0124. The summed E-state index contributed by atoms with van der Waals surface area (Å²) in [5.41, 5.74) is 0. The van der Waals surface area contributed by atoms with Gasteiger partial charge in [-0.15, -0.1) is 0 Å². The van der Waals surface area contributed by atoms with Crippen LogP contribution in [0.2, 0.25) is 0 Å². The van der Waals surface area contributed by atoms with E-state index >= 15 is 0 Å². The molecule has 1 fully saturated rings. The van der Waals surface area contributed by atoms with Crippen molar-refractivity contribution in [3.05, 3.63) is 0 Å². The van der Waals surface area contributed by atoms with Crippen LogP contribution in [0.1, 0.15) is 33.6 Å². The predicted molar refractivity (Wildman–Crippen MR) is 64.5 cm³/mol. The Hall–Kier alpha value is -1.10. The van der Waals surface area contributed by atoms with Gasteiger partial charge in [0.2, 0.25) is 5.91 Å². The molecule has 0 saturated carbocycles. The third-order valence-corrected chi connectivity index (χ3v) is 3.07. The molecule has 98 valence electrons. The van der Waals surface area contributed by atoms with Gasteiger partial charge in [0, 0.05) is 13.1 Å². The summed E-state index contributed by atoms with van der Waals surface area (Å²) >= 11 is 0. The average Bonchev–Trinajstić information content (AvgIpc) is 2.30. The number of ether oxygens (including phenoxy) is 1. The molecular formula is C12H22N2O3. The minimum atomic E-state index is -0.291. The highest BCUT2D eigenvalue weighted by molar-refractivity contribution is 5.83. The van der Waals surface area contributed by atoms with Crippen LogP contribution in [-0.4, -0.2) is 48.6 Å².